The van der Waals surface area contributed by atoms with E-state index < -0.39 is 0 Å². The number of hydrogen-bond donors (Lipinski definition) is 2. The fourth-order valence-corrected chi connectivity index (χ4v) is 1.19. The summed E-state index contributed by atoms with van der Waals surface area (Å²) in [5, 5.41) is 0. The van der Waals surface area contributed by atoms with E-state index in [2.05, 4.69) is 0 Å². The maximum absolute atomic E-state index is 5.35. The minimum absolute atomic E-state index is 0.690. The molecule has 0 radical (unpaired) electrons. The lowest BCUT2D eigenvalue weighted by Crippen LogP contribution is -2.06. The molecule has 0 unspecified atom stereocenters. The second-order valence-corrected chi connectivity index (χ2v) is 3.25. The summed E-state index contributed by atoms with van der Waals surface area (Å²) in [6.45, 7) is 1.49. The van der Waals surface area contributed by atoms with Crippen molar-refractivity contribution in [3.05, 3.63) is 0 Å². The summed E-state index contributed by atoms with van der Waals surface area (Å²) in [6.07, 6.45) is 5.44. The fourth-order valence-electron chi connectivity index (χ4n) is 0.929. The first-order valence-corrected chi connectivity index (χ1v) is 4.64. The molecule has 3 heteroatoms. The Labute approximate surface area is 74.3 Å². The summed E-state index contributed by atoms with van der Waals surface area (Å²) >= 11 is 5.09. The van der Waals surface area contributed by atoms with E-state index in [-0.39, 0.29) is 0 Å². The highest BCUT2D eigenvalue weighted by Gasteiger charge is 1.94. The largest absolute Gasteiger partial charge is 0.330 e. The molecule has 0 atom stereocenters. The van der Waals surface area contributed by atoms with Gasteiger partial charge >= 0.3 is 0 Å². The summed E-state index contributed by atoms with van der Waals surface area (Å²) < 4.78 is 0. The summed E-state index contributed by atoms with van der Waals surface area (Å²) in [7, 11) is 0. The maximum atomic E-state index is 5.35. The summed E-state index contributed by atoms with van der Waals surface area (Å²) in [4.78, 5) is 1.12. The molecule has 0 fully saturated rings. The number of thiocarbonyl (C=S) groups is 1. The third kappa shape index (κ3) is 7.91. The third-order valence-corrected chi connectivity index (χ3v) is 1.99. The van der Waals surface area contributed by atoms with E-state index in [1.165, 1.54) is 12.8 Å². The van der Waals surface area contributed by atoms with Crippen LogP contribution in [0.1, 0.15) is 32.1 Å². The van der Waals surface area contributed by atoms with E-state index in [9.17, 15) is 0 Å². The highest BCUT2D eigenvalue weighted by Crippen LogP contribution is 2.02. The molecule has 0 aromatic rings. The van der Waals surface area contributed by atoms with Crippen LogP contribution >= 0.6 is 12.2 Å². The summed E-state index contributed by atoms with van der Waals surface area (Å²) in [5.74, 6) is 0. The SMILES string of the molecule is NCCCCCC(=S)CCN. The van der Waals surface area contributed by atoms with Gasteiger partial charge in [0, 0.05) is 0 Å². The third-order valence-electron chi connectivity index (χ3n) is 1.58. The van der Waals surface area contributed by atoms with E-state index in [1.54, 1.807) is 0 Å². The van der Waals surface area contributed by atoms with E-state index >= 15 is 0 Å². The van der Waals surface area contributed by atoms with Crippen LogP contribution in [0.15, 0.2) is 0 Å². The van der Waals surface area contributed by atoms with Crippen molar-refractivity contribution >= 4 is 17.1 Å². The van der Waals surface area contributed by atoms with Gasteiger partial charge in [0.1, 0.15) is 0 Å². The average molecular weight is 174 g/mol. The number of nitrogens with two attached hydrogens (primary N) is 2. The molecule has 0 aliphatic heterocycles. The van der Waals surface area contributed by atoms with Gasteiger partial charge in [-0.2, -0.15) is 0 Å². The van der Waals surface area contributed by atoms with Gasteiger partial charge in [0.2, 0.25) is 0 Å². The molecule has 0 amide bonds. The van der Waals surface area contributed by atoms with E-state index in [4.69, 9.17) is 23.7 Å². The first-order valence-electron chi connectivity index (χ1n) is 4.23. The summed E-state index contributed by atoms with van der Waals surface area (Å²) in [6, 6.07) is 0. The van der Waals surface area contributed by atoms with Crippen LogP contribution in [0.2, 0.25) is 0 Å². The van der Waals surface area contributed by atoms with Gasteiger partial charge in [-0.05, 0) is 43.6 Å². The minimum atomic E-state index is 0.690. The van der Waals surface area contributed by atoms with Crippen molar-refractivity contribution in [1.82, 2.24) is 0 Å². The molecule has 0 saturated carbocycles. The van der Waals surface area contributed by atoms with Crippen LogP contribution in [-0.4, -0.2) is 18.0 Å². The van der Waals surface area contributed by atoms with Crippen molar-refractivity contribution in [3.63, 3.8) is 0 Å². The van der Waals surface area contributed by atoms with Crippen molar-refractivity contribution in [2.45, 2.75) is 32.1 Å². The second kappa shape index (κ2) is 8.11. The lowest BCUT2D eigenvalue weighted by molar-refractivity contribution is 0.704. The van der Waals surface area contributed by atoms with E-state index in [1.807, 2.05) is 0 Å². The topological polar surface area (TPSA) is 52.0 Å². The van der Waals surface area contributed by atoms with Crippen molar-refractivity contribution in [2.75, 3.05) is 13.1 Å². The van der Waals surface area contributed by atoms with Gasteiger partial charge in [0.05, 0.1) is 0 Å². The molecule has 0 aliphatic rings. The van der Waals surface area contributed by atoms with Gasteiger partial charge in [-0.15, -0.1) is 0 Å². The quantitative estimate of drug-likeness (QED) is 0.451. The fraction of sp³-hybridized carbons (Fsp3) is 0.875. The molecule has 0 saturated heterocycles. The summed E-state index contributed by atoms with van der Waals surface area (Å²) in [5.41, 5.74) is 10.7. The van der Waals surface area contributed by atoms with Crippen LogP contribution < -0.4 is 11.5 Å². The highest BCUT2D eigenvalue weighted by atomic mass is 32.1. The molecular formula is C8H18N2S. The lowest BCUT2D eigenvalue weighted by atomic mass is 10.1. The first kappa shape index (κ1) is 11.0. The average Bonchev–Trinajstić information content (AvgIpc) is 1.99. The van der Waals surface area contributed by atoms with Crippen LogP contribution in [0.5, 0.6) is 0 Å². The first-order chi connectivity index (χ1) is 5.31. The molecule has 0 heterocycles. The Morgan fingerprint density at radius 1 is 0.909 bits per heavy atom. The standard InChI is InChI=1S/C8H18N2S/c9-6-3-1-2-4-8(11)5-7-10/h1-7,9-10H2. The molecule has 0 aliphatic carbocycles. The Bertz CT molecular complexity index is 104. The molecule has 11 heavy (non-hydrogen) atoms. The van der Waals surface area contributed by atoms with Crippen LogP contribution in [0.3, 0.4) is 0 Å². The second-order valence-electron chi connectivity index (χ2n) is 2.68. The van der Waals surface area contributed by atoms with Gasteiger partial charge < -0.3 is 11.5 Å². The maximum Gasteiger partial charge on any atom is -0.00317 e. The Morgan fingerprint density at radius 3 is 2.18 bits per heavy atom. The Balaban J connectivity index is 3.04. The van der Waals surface area contributed by atoms with Gasteiger partial charge in [-0.1, -0.05) is 18.6 Å². The monoisotopic (exact) mass is 174 g/mol. The predicted molar refractivity (Wildman–Crippen MR) is 53.8 cm³/mol. The van der Waals surface area contributed by atoms with Crippen molar-refractivity contribution < 1.29 is 0 Å². The number of hydrogen-bond acceptors (Lipinski definition) is 3. The molecule has 0 aromatic carbocycles. The van der Waals surface area contributed by atoms with Gasteiger partial charge in [0.15, 0.2) is 0 Å². The Hall–Kier alpha value is 0.01000. The Kier molecular flexibility index (Phi) is 8.12. The molecule has 4 N–H and O–H groups in total. The number of rotatable bonds is 7. The van der Waals surface area contributed by atoms with Crippen molar-refractivity contribution in [2.24, 2.45) is 11.5 Å². The van der Waals surface area contributed by atoms with Crippen LogP contribution in [-0.2, 0) is 0 Å². The van der Waals surface area contributed by atoms with Crippen molar-refractivity contribution in [1.29, 1.82) is 0 Å². The molecule has 2 nitrogen and oxygen atoms in total. The van der Waals surface area contributed by atoms with E-state index in [0.717, 1.165) is 30.7 Å². The number of unbranched alkanes of at least 4 members (excludes halogenated alkanes) is 2. The smallest absolute Gasteiger partial charge is 0.00317 e. The molecule has 0 aromatic heterocycles. The van der Waals surface area contributed by atoms with Crippen LogP contribution in [0, 0.1) is 0 Å². The predicted octanol–water partition coefficient (Wildman–Crippen LogP) is 1.22. The van der Waals surface area contributed by atoms with Crippen LogP contribution in [0.25, 0.3) is 0 Å². The Morgan fingerprint density at radius 2 is 1.64 bits per heavy atom. The van der Waals surface area contributed by atoms with Gasteiger partial charge in [0.25, 0.3) is 0 Å². The zero-order valence-electron chi connectivity index (χ0n) is 7.01. The normalized spacial score (nSPS) is 10.0. The van der Waals surface area contributed by atoms with E-state index in [0.29, 0.717) is 6.54 Å². The van der Waals surface area contributed by atoms with Crippen LogP contribution in [0.4, 0.5) is 0 Å². The molecule has 0 bridgehead atoms. The van der Waals surface area contributed by atoms with Gasteiger partial charge in [-0.25, -0.2) is 0 Å². The van der Waals surface area contributed by atoms with Crippen molar-refractivity contribution in [3.8, 4) is 0 Å². The highest BCUT2D eigenvalue weighted by molar-refractivity contribution is 7.80. The molecule has 66 valence electrons. The zero-order valence-corrected chi connectivity index (χ0v) is 7.83. The van der Waals surface area contributed by atoms with Gasteiger partial charge in [-0.3, -0.25) is 0 Å². The zero-order chi connectivity index (χ0) is 8.53. The molecule has 0 rings (SSSR count). The molecular weight excluding hydrogens is 156 g/mol. The lowest BCUT2D eigenvalue weighted by Gasteiger charge is -2.00. The minimum Gasteiger partial charge on any atom is -0.330 e. The molecule has 0 spiro atoms.